The highest BCUT2D eigenvalue weighted by atomic mass is 79.9. The molecule has 0 aliphatic carbocycles. The van der Waals surface area contributed by atoms with Crippen LogP contribution >= 0.6 is 15.9 Å². The van der Waals surface area contributed by atoms with Gasteiger partial charge in [-0.2, -0.15) is 4.74 Å². The number of hydroxylamine groups is 1. The van der Waals surface area contributed by atoms with Gasteiger partial charge in [0.2, 0.25) is 12.3 Å². The number of likely N-dealkylation sites (N-methyl/N-ethyl adjacent to an activating group) is 1. The molecule has 8 heteroatoms. The molecular weight excluding hydrogens is 362 g/mol. The van der Waals surface area contributed by atoms with Gasteiger partial charge in [0.25, 0.3) is 0 Å². The van der Waals surface area contributed by atoms with Crippen LogP contribution in [-0.2, 0) is 0 Å². The van der Waals surface area contributed by atoms with E-state index in [2.05, 4.69) is 31.2 Å². The highest BCUT2D eigenvalue weighted by Crippen LogP contribution is 2.28. The summed E-state index contributed by atoms with van der Waals surface area (Å²) >= 11 is 3.41. The van der Waals surface area contributed by atoms with Crippen LogP contribution in [0.15, 0.2) is 57.3 Å². The second kappa shape index (κ2) is 6.25. The summed E-state index contributed by atoms with van der Waals surface area (Å²) in [6.45, 7) is -0.0968. The number of hydrogen-bond donors (Lipinski definition) is 0. The zero-order chi connectivity index (χ0) is 16.4. The molecule has 1 aliphatic rings. The molecule has 0 saturated heterocycles. The summed E-state index contributed by atoms with van der Waals surface area (Å²) in [4.78, 5) is 19.5. The molecule has 0 spiro atoms. The van der Waals surface area contributed by atoms with Crippen molar-refractivity contribution in [3.05, 3.63) is 68.4 Å². The van der Waals surface area contributed by atoms with Crippen LogP contribution in [0.5, 0.6) is 0 Å². The van der Waals surface area contributed by atoms with E-state index in [0.29, 0.717) is 22.7 Å². The largest absolute Gasteiger partial charge is 0.623 e. The molecular formula is C15H12BrN5O2. The average molecular weight is 374 g/mol. The monoisotopic (exact) mass is 373 g/mol. The normalized spacial score (nSPS) is 13.9. The number of pyridine rings is 1. The molecule has 0 bridgehead atoms. The van der Waals surface area contributed by atoms with E-state index in [9.17, 15) is 10.1 Å². The van der Waals surface area contributed by atoms with Gasteiger partial charge >= 0.3 is 0 Å². The maximum atomic E-state index is 12.7. The molecule has 0 radical (unpaired) electrons. The molecule has 0 atom stereocenters. The second-order valence-electron chi connectivity index (χ2n) is 4.89. The Balaban J connectivity index is 2.26. The number of nitrogens with zero attached hydrogens (tertiary/aromatic N) is 5. The topological polar surface area (TPSA) is 84.0 Å². The molecule has 1 aromatic heterocycles. The minimum absolute atomic E-state index is 0.0968. The van der Waals surface area contributed by atoms with Crippen molar-refractivity contribution in [1.82, 2.24) is 9.99 Å². The first-order valence-corrected chi connectivity index (χ1v) is 7.57. The van der Waals surface area contributed by atoms with Crippen molar-refractivity contribution < 1.29 is 4.74 Å². The molecule has 1 aliphatic heterocycles. The van der Waals surface area contributed by atoms with Crippen LogP contribution in [0.4, 0.5) is 5.69 Å². The molecule has 1 aromatic carbocycles. The maximum Gasteiger partial charge on any atom is 0.246 e. The molecule has 0 saturated carbocycles. The number of rotatable bonds is 2. The van der Waals surface area contributed by atoms with Gasteiger partial charge in [-0.1, -0.05) is 22.0 Å². The Kier molecular flexibility index (Phi) is 4.16. The molecule has 7 nitrogen and oxygen atoms in total. The second-order valence-corrected chi connectivity index (χ2v) is 5.81. The van der Waals surface area contributed by atoms with Gasteiger partial charge in [0.15, 0.2) is 5.84 Å². The highest BCUT2D eigenvalue weighted by molar-refractivity contribution is 9.10. The van der Waals surface area contributed by atoms with E-state index in [1.165, 1.54) is 7.05 Å². The van der Waals surface area contributed by atoms with Crippen LogP contribution in [-0.4, -0.2) is 39.9 Å². The molecule has 23 heavy (non-hydrogen) atoms. The third kappa shape index (κ3) is 2.98. The van der Waals surface area contributed by atoms with E-state index in [1.54, 1.807) is 24.4 Å². The third-order valence-corrected chi connectivity index (χ3v) is 3.89. The van der Waals surface area contributed by atoms with Gasteiger partial charge < -0.3 is 5.21 Å². The van der Waals surface area contributed by atoms with Crippen LogP contribution in [0.3, 0.4) is 0 Å². The van der Waals surface area contributed by atoms with E-state index >= 15 is 0 Å². The number of halogens is 1. The number of fused-ring (bicyclic) bond motifs is 1. The smallest absolute Gasteiger partial charge is 0.246 e. The molecule has 116 valence electrons. The Hall–Kier alpha value is -2.61. The van der Waals surface area contributed by atoms with Crippen LogP contribution in [0, 0.1) is 10.1 Å². The zero-order valence-electron chi connectivity index (χ0n) is 12.2. The van der Waals surface area contributed by atoms with Crippen LogP contribution in [0.2, 0.25) is 0 Å². The van der Waals surface area contributed by atoms with E-state index in [-0.39, 0.29) is 12.4 Å². The summed E-state index contributed by atoms with van der Waals surface area (Å²) in [5, 5.41) is 16.6. The SMILES string of the molecule is CN(N=O)C1=Nc2ccc(Br)cc2C(c2ccccn2)=[N+]([O-])C1. The Labute approximate surface area is 140 Å². The Morgan fingerprint density at radius 3 is 2.87 bits per heavy atom. The Bertz CT molecular complexity index is 820. The lowest BCUT2D eigenvalue weighted by molar-refractivity contribution is -0.440. The standard InChI is InChI=1S/C15H12BrN5O2/c1-20(19-22)14-9-21(23)15(13-4-2-3-7-17-13)11-8-10(16)5-6-12(11)18-14/h2-8H,9H2,1H3. The number of benzene rings is 1. The zero-order valence-corrected chi connectivity index (χ0v) is 13.8. The number of nitroso groups, excluding NO2 is 1. The third-order valence-electron chi connectivity index (χ3n) is 3.40. The van der Waals surface area contributed by atoms with Crippen molar-refractivity contribution in [2.75, 3.05) is 13.6 Å². The summed E-state index contributed by atoms with van der Waals surface area (Å²) in [5.41, 5.74) is 2.17. The van der Waals surface area contributed by atoms with Crippen LogP contribution in [0.25, 0.3) is 0 Å². The predicted molar refractivity (Wildman–Crippen MR) is 90.7 cm³/mol. The molecule has 2 aromatic rings. The predicted octanol–water partition coefficient (Wildman–Crippen LogP) is 2.85. The Morgan fingerprint density at radius 1 is 1.35 bits per heavy atom. The van der Waals surface area contributed by atoms with E-state index < -0.39 is 0 Å². The van der Waals surface area contributed by atoms with E-state index in [4.69, 9.17) is 0 Å². The minimum atomic E-state index is -0.0968. The van der Waals surface area contributed by atoms with E-state index in [0.717, 1.165) is 14.2 Å². The summed E-state index contributed by atoms with van der Waals surface area (Å²) in [7, 11) is 1.46. The lowest BCUT2D eigenvalue weighted by atomic mass is 10.0. The molecule has 0 amide bonds. The lowest BCUT2D eigenvalue weighted by Crippen LogP contribution is -2.30. The van der Waals surface area contributed by atoms with Gasteiger partial charge in [-0.05, 0) is 30.3 Å². The molecule has 0 unspecified atom stereocenters. The van der Waals surface area contributed by atoms with Crippen LogP contribution < -0.4 is 0 Å². The lowest BCUT2D eigenvalue weighted by Gasteiger charge is -2.11. The van der Waals surface area contributed by atoms with Gasteiger partial charge in [-0.3, -0.25) is 0 Å². The van der Waals surface area contributed by atoms with Gasteiger partial charge in [0, 0.05) is 17.7 Å². The molecule has 0 fully saturated rings. The van der Waals surface area contributed by atoms with Crippen molar-refractivity contribution in [3.8, 4) is 0 Å². The fourth-order valence-electron chi connectivity index (χ4n) is 2.30. The maximum absolute atomic E-state index is 12.7. The van der Waals surface area contributed by atoms with Crippen molar-refractivity contribution in [1.29, 1.82) is 0 Å². The summed E-state index contributed by atoms with van der Waals surface area (Å²) in [6.07, 6.45) is 1.62. The van der Waals surface area contributed by atoms with Gasteiger partial charge in [0.05, 0.1) is 16.5 Å². The fraction of sp³-hybridized carbons (Fsp3) is 0.133. The molecule has 2 heterocycles. The fourth-order valence-corrected chi connectivity index (χ4v) is 2.66. The van der Waals surface area contributed by atoms with Crippen molar-refractivity contribution in [2.45, 2.75) is 0 Å². The minimum Gasteiger partial charge on any atom is -0.623 e. The number of hydrogen-bond acceptors (Lipinski definition) is 5. The van der Waals surface area contributed by atoms with Crippen LogP contribution in [0.1, 0.15) is 11.3 Å². The van der Waals surface area contributed by atoms with Crippen molar-refractivity contribution in [2.24, 2.45) is 10.3 Å². The molecule has 0 N–H and O–H groups in total. The Morgan fingerprint density at radius 2 is 2.17 bits per heavy atom. The van der Waals surface area contributed by atoms with Gasteiger partial charge in [-0.15, -0.1) is 4.91 Å². The number of aliphatic imine (C=N–C) groups is 1. The first-order chi connectivity index (χ1) is 11.1. The van der Waals surface area contributed by atoms with Gasteiger partial charge in [0.1, 0.15) is 5.69 Å². The number of amidine groups is 1. The van der Waals surface area contributed by atoms with Crippen molar-refractivity contribution in [3.63, 3.8) is 0 Å². The highest BCUT2D eigenvalue weighted by Gasteiger charge is 2.27. The number of aromatic nitrogens is 1. The average Bonchev–Trinajstić information content (AvgIpc) is 2.70. The quantitative estimate of drug-likeness (QED) is 0.350. The summed E-state index contributed by atoms with van der Waals surface area (Å²) < 4.78 is 1.60. The summed E-state index contributed by atoms with van der Waals surface area (Å²) in [6, 6.07) is 10.8. The van der Waals surface area contributed by atoms with Gasteiger partial charge in [-0.25, -0.2) is 15.0 Å². The molecule has 3 rings (SSSR count). The first kappa shape index (κ1) is 15.3. The summed E-state index contributed by atoms with van der Waals surface area (Å²) in [5.74, 6) is 0.268. The van der Waals surface area contributed by atoms with E-state index in [1.807, 2.05) is 18.2 Å². The van der Waals surface area contributed by atoms with Crippen molar-refractivity contribution >= 4 is 33.2 Å². The first-order valence-electron chi connectivity index (χ1n) is 6.77.